The van der Waals surface area contributed by atoms with Gasteiger partial charge in [-0.25, -0.2) is 4.98 Å². The molecule has 2 atom stereocenters. The van der Waals surface area contributed by atoms with Crippen molar-refractivity contribution in [2.24, 2.45) is 0 Å². The van der Waals surface area contributed by atoms with Crippen LogP contribution in [0, 0.1) is 0 Å². The molecule has 0 aromatic carbocycles. The minimum absolute atomic E-state index is 0.0105. The molecule has 0 radical (unpaired) electrons. The van der Waals surface area contributed by atoms with E-state index in [0.717, 1.165) is 24.1 Å². The van der Waals surface area contributed by atoms with E-state index in [9.17, 15) is 9.59 Å². The maximum Gasteiger partial charge on any atom is 0.262 e. The van der Waals surface area contributed by atoms with E-state index in [0.29, 0.717) is 18.5 Å². The molecule has 7 heteroatoms. The highest BCUT2D eigenvalue weighted by Gasteiger charge is 2.36. The summed E-state index contributed by atoms with van der Waals surface area (Å²) in [4.78, 5) is 32.1. The number of aromatic nitrogens is 2. The van der Waals surface area contributed by atoms with E-state index < -0.39 is 0 Å². The van der Waals surface area contributed by atoms with Gasteiger partial charge in [0.2, 0.25) is 5.91 Å². The first-order valence-electron chi connectivity index (χ1n) is 8.08. The lowest BCUT2D eigenvalue weighted by Gasteiger charge is -2.43. The normalized spacial score (nSPS) is 24.6. The van der Waals surface area contributed by atoms with Crippen LogP contribution in [-0.2, 0) is 16.1 Å². The fraction of sp³-hybridized carbons (Fsp3) is 0.562. The molecule has 1 saturated heterocycles. The van der Waals surface area contributed by atoms with Gasteiger partial charge < -0.3 is 9.64 Å². The van der Waals surface area contributed by atoms with Crippen LogP contribution in [0.3, 0.4) is 0 Å². The number of amides is 1. The van der Waals surface area contributed by atoms with Gasteiger partial charge in [0.15, 0.2) is 0 Å². The quantitative estimate of drug-likeness (QED) is 0.838. The molecule has 0 spiro atoms. The van der Waals surface area contributed by atoms with Crippen molar-refractivity contribution < 1.29 is 9.53 Å². The van der Waals surface area contributed by atoms with Gasteiger partial charge in [-0.05, 0) is 24.3 Å². The molecular formula is C16H19N3O3S. The third-order valence-corrected chi connectivity index (χ3v) is 5.63. The van der Waals surface area contributed by atoms with Gasteiger partial charge in [0, 0.05) is 6.54 Å². The molecule has 1 amide bonds. The Bertz CT molecular complexity index is 782. The molecule has 3 heterocycles. The van der Waals surface area contributed by atoms with E-state index in [1.807, 2.05) is 10.3 Å². The summed E-state index contributed by atoms with van der Waals surface area (Å²) in [6.07, 6.45) is 5.97. The Hall–Kier alpha value is -1.73. The SMILES string of the molecule is O=C(Cn1cnc2sccc2c1=O)N1CCOC2CCCCC21. The molecule has 1 aliphatic heterocycles. The number of thiophene rings is 1. The Labute approximate surface area is 137 Å². The van der Waals surface area contributed by atoms with Crippen LogP contribution in [0.25, 0.3) is 10.2 Å². The lowest BCUT2D eigenvalue weighted by Crippen LogP contribution is -2.55. The average molecular weight is 333 g/mol. The van der Waals surface area contributed by atoms with E-state index >= 15 is 0 Å². The van der Waals surface area contributed by atoms with Crippen molar-refractivity contribution in [1.29, 1.82) is 0 Å². The summed E-state index contributed by atoms with van der Waals surface area (Å²) in [5.41, 5.74) is -0.141. The summed E-state index contributed by atoms with van der Waals surface area (Å²) in [5, 5.41) is 2.43. The standard InChI is InChI=1S/C16H19N3O3S/c20-14(19-6-7-22-13-4-2-1-3-12(13)19)9-18-10-17-15-11(16(18)21)5-8-23-15/h5,8,10,12-13H,1-4,6-7,9H2. The minimum atomic E-state index is -0.141. The minimum Gasteiger partial charge on any atom is -0.374 e. The van der Waals surface area contributed by atoms with Gasteiger partial charge in [-0.1, -0.05) is 12.8 Å². The zero-order valence-electron chi connectivity index (χ0n) is 12.8. The predicted octanol–water partition coefficient (Wildman–Crippen LogP) is 1.63. The van der Waals surface area contributed by atoms with Gasteiger partial charge in [-0.2, -0.15) is 0 Å². The van der Waals surface area contributed by atoms with Gasteiger partial charge in [0.1, 0.15) is 11.4 Å². The van der Waals surface area contributed by atoms with E-state index in [1.54, 1.807) is 6.07 Å². The van der Waals surface area contributed by atoms with Crippen molar-refractivity contribution in [3.8, 4) is 0 Å². The molecule has 0 N–H and O–H groups in total. The van der Waals surface area contributed by atoms with Gasteiger partial charge in [0.25, 0.3) is 5.56 Å². The second kappa shape index (κ2) is 6.05. The first-order chi connectivity index (χ1) is 11.2. The zero-order valence-corrected chi connectivity index (χ0v) is 13.6. The monoisotopic (exact) mass is 333 g/mol. The van der Waals surface area contributed by atoms with Crippen LogP contribution < -0.4 is 5.56 Å². The summed E-state index contributed by atoms with van der Waals surface area (Å²) in [6, 6.07) is 1.93. The van der Waals surface area contributed by atoms with Crippen LogP contribution in [0.4, 0.5) is 0 Å². The number of ether oxygens (including phenoxy) is 1. The Balaban J connectivity index is 1.56. The van der Waals surface area contributed by atoms with E-state index in [1.165, 1.54) is 28.7 Å². The van der Waals surface area contributed by atoms with Crippen molar-refractivity contribution >= 4 is 27.5 Å². The number of hydrogen-bond donors (Lipinski definition) is 0. The molecule has 1 saturated carbocycles. The molecule has 1 aliphatic carbocycles. The van der Waals surface area contributed by atoms with Gasteiger partial charge in [-0.3, -0.25) is 14.2 Å². The number of carbonyl (C=O) groups excluding carboxylic acids is 1. The second-order valence-electron chi connectivity index (χ2n) is 6.17. The number of hydrogen-bond acceptors (Lipinski definition) is 5. The molecule has 2 aromatic heterocycles. The molecule has 2 unspecified atom stereocenters. The molecule has 6 nitrogen and oxygen atoms in total. The van der Waals surface area contributed by atoms with E-state index in [4.69, 9.17) is 4.74 Å². The Morgan fingerprint density at radius 2 is 2.26 bits per heavy atom. The van der Waals surface area contributed by atoms with E-state index in [2.05, 4.69) is 4.98 Å². The van der Waals surface area contributed by atoms with Crippen LogP contribution in [0.2, 0.25) is 0 Å². The number of rotatable bonds is 2. The number of nitrogens with zero attached hydrogens (tertiary/aromatic N) is 3. The molecule has 2 aromatic rings. The van der Waals surface area contributed by atoms with Crippen molar-refractivity contribution in [1.82, 2.24) is 14.5 Å². The highest BCUT2D eigenvalue weighted by atomic mass is 32.1. The maximum absolute atomic E-state index is 12.7. The van der Waals surface area contributed by atoms with E-state index in [-0.39, 0.29) is 30.2 Å². The number of fused-ring (bicyclic) bond motifs is 2. The predicted molar refractivity (Wildman–Crippen MR) is 87.6 cm³/mol. The van der Waals surface area contributed by atoms with Crippen molar-refractivity contribution in [2.75, 3.05) is 13.2 Å². The Morgan fingerprint density at radius 1 is 1.39 bits per heavy atom. The number of carbonyl (C=O) groups is 1. The van der Waals surface area contributed by atoms with Gasteiger partial charge >= 0.3 is 0 Å². The summed E-state index contributed by atoms with van der Waals surface area (Å²) >= 11 is 1.44. The Kier molecular flexibility index (Phi) is 3.90. The highest BCUT2D eigenvalue weighted by Crippen LogP contribution is 2.28. The van der Waals surface area contributed by atoms with Crippen LogP contribution in [0.1, 0.15) is 25.7 Å². The highest BCUT2D eigenvalue weighted by molar-refractivity contribution is 7.16. The van der Waals surface area contributed by atoms with Crippen LogP contribution in [0.15, 0.2) is 22.6 Å². The molecule has 4 rings (SSSR count). The summed E-state index contributed by atoms with van der Waals surface area (Å²) < 4.78 is 7.23. The maximum atomic E-state index is 12.7. The third kappa shape index (κ3) is 2.68. The summed E-state index contributed by atoms with van der Waals surface area (Å²) in [7, 11) is 0. The average Bonchev–Trinajstić information content (AvgIpc) is 3.06. The zero-order chi connectivity index (χ0) is 15.8. The van der Waals surface area contributed by atoms with Crippen LogP contribution in [-0.4, -0.2) is 45.7 Å². The molecule has 122 valence electrons. The second-order valence-corrected chi connectivity index (χ2v) is 7.06. The topological polar surface area (TPSA) is 64.4 Å². The lowest BCUT2D eigenvalue weighted by atomic mass is 9.90. The van der Waals surface area contributed by atoms with Crippen LogP contribution in [0.5, 0.6) is 0 Å². The summed E-state index contributed by atoms with van der Waals surface area (Å²) in [5.74, 6) is -0.0105. The third-order valence-electron chi connectivity index (χ3n) is 4.81. The largest absolute Gasteiger partial charge is 0.374 e. The number of morpholine rings is 1. The van der Waals surface area contributed by atoms with Crippen LogP contribution >= 0.6 is 11.3 Å². The molecule has 2 aliphatic rings. The first-order valence-corrected chi connectivity index (χ1v) is 8.96. The lowest BCUT2D eigenvalue weighted by molar-refractivity contribution is -0.150. The fourth-order valence-electron chi connectivity index (χ4n) is 3.65. The summed E-state index contributed by atoms with van der Waals surface area (Å²) in [6.45, 7) is 1.26. The van der Waals surface area contributed by atoms with Gasteiger partial charge in [0.05, 0.1) is 30.5 Å². The van der Waals surface area contributed by atoms with Gasteiger partial charge in [-0.15, -0.1) is 11.3 Å². The Morgan fingerprint density at radius 3 is 3.17 bits per heavy atom. The van der Waals surface area contributed by atoms with Crippen molar-refractivity contribution in [2.45, 2.75) is 44.4 Å². The smallest absolute Gasteiger partial charge is 0.262 e. The molecule has 23 heavy (non-hydrogen) atoms. The fourth-order valence-corrected chi connectivity index (χ4v) is 4.37. The molecule has 2 fully saturated rings. The molecule has 0 bridgehead atoms. The van der Waals surface area contributed by atoms with Crippen molar-refractivity contribution in [3.63, 3.8) is 0 Å². The molecular weight excluding hydrogens is 314 g/mol. The van der Waals surface area contributed by atoms with Crippen molar-refractivity contribution in [3.05, 3.63) is 28.1 Å². The first kappa shape index (κ1) is 14.8.